The van der Waals surface area contributed by atoms with Gasteiger partial charge in [-0.3, -0.25) is 0 Å². The molecule has 0 aromatic heterocycles. The first-order chi connectivity index (χ1) is 8.47. The largest absolute Gasteiger partial charge is 0.320 e. The van der Waals surface area contributed by atoms with Gasteiger partial charge in [-0.15, -0.1) is 0 Å². The van der Waals surface area contributed by atoms with Crippen molar-refractivity contribution in [2.75, 3.05) is 0 Å². The van der Waals surface area contributed by atoms with Crippen molar-refractivity contribution in [3.63, 3.8) is 0 Å². The first-order valence-electron chi connectivity index (χ1n) is 5.14. The molecule has 2 N–H and O–H groups in total. The van der Waals surface area contributed by atoms with E-state index in [1.807, 2.05) is 0 Å². The van der Waals surface area contributed by atoms with Crippen molar-refractivity contribution in [1.82, 2.24) is 0 Å². The highest BCUT2D eigenvalue weighted by molar-refractivity contribution is 9.10. The molecule has 0 fully saturated rings. The van der Waals surface area contributed by atoms with Crippen molar-refractivity contribution in [2.24, 2.45) is 5.73 Å². The van der Waals surface area contributed by atoms with Crippen molar-refractivity contribution in [3.05, 3.63) is 68.7 Å². The molecule has 0 aliphatic rings. The molecule has 1 atom stereocenters. The molecular weight excluding hydrogens is 324 g/mol. The lowest BCUT2D eigenvalue weighted by molar-refractivity contribution is 0.576. The zero-order valence-corrected chi connectivity index (χ0v) is 11.5. The number of hydrogen-bond donors (Lipinski definition) is 1. The molecule has 0 saturated heterocycles. The maximum Gasteiger partial charge on any atom is 0.128 e. The summed E-state index contributed by atoms with van der Waals surface area (Å²) in [5.41, 5.74) is 6.65. The van der Waals surface area contributed by atoms with E-state index in [-0.39, 0.29) is 5.56 Å². The van der Waals surface area contributed by atoms with Gasteiger partial charge in [0.25, 0.3) is 0 Å². The van der Waals surface area contributed by atoms with E-state index < -0.39 is 17.7 Å². The predicted octanol–water partition coefficient (Wildman–Crippen LogP) is 4.43. The molecule has 0 saturated carbocycles. The summed E-state index contributed by atoms with van der Waals surface area (Å²) in [5, 5.41) is 0.478. The third-order valence-electron chi connectivity index (χ3n) is 2.54. The summed E-state index contributed by atoms with van der Waals surface area (Å²) < 4.78 is 27.5. The van der Waals surface area contributed by atoms with Gasteiger partial charge < -0.3 is 5.73 Å². The SMILES string of the molecule is NC(c1cc(Cl)cc(Br)c1)c1cc(F)ccc1F. The molecule has 0 amide bonds. The van der Waals surface area contributed by atoms with Crippen LogP contribution in [0.25, 0.3) is 0 Å². The smallest absolute Gasteiger partial charge is 0.128 e. The monoisotopic (exact) mass is 331 g/mol. The number of rotatable bonds is 2. The predicted molar refractivity (Wildman–Crippen MR) is 71.5 cm³/mol. The van der Waals surface area contributed by atoms with Crippen molar-refractivity contribution in [1.29, 1.82) is 0 Å². The number of benzene rings is 2. The Morgan fingerprint density at radius 2 is 1.83 bits per heavy atom. The Morgan fingerprint density at radius 1 is 1.11 bits per heavy atom. The fraction of sp³-hybridized carbons (Fsp3) is 0.0769. The van der Waals surface area contributed by atoms with Crippen LogP contribution in [-0.2, 0) is 0 Å². The molecule has 0 bridgehead atoms. The van der Waals surface area contributed by atoms with Crippen LogP contribution < -0.4 is 5.73 Å². The summed E-state index contributed by atoms with van der Waals surface area (Å²) in [5.74, 6) is -1.07. The molecule has 2 aromatic carbocycles. The molecule has 18 heavy (non-hydrogen) atoms. The second kappa shape index (κ2) is 5.34. The van der Waals surface area contributed by atoms with Gasteiger partial charge in [0.2, 0.25) is 0 Å². The standard InChI is InChI=1S/C13H9BrClF2N/c14-8-3-7(4-9(15)5-8)13(18)11-6-10(16)1-2-12(11)17/h1-6,13H,18H2. The van der Waals surface area contributed by atoms with Gasteiger partial charge in [-0.05, 0) is 42.0 Å². The lowest BCUT2D eigenvalue weighted by Crippen LogP contribution is -2.14. The van der Waals surface area contributed by atoms with Crippen molar-refractivity contribution >= 4 is 27.5 Å². The van der Waals surface area contributed by atoms with Crippen LogP contribution in [-0.4, -0.2) is 0 Å². The average Bonchev–Trinajstić information content (AvgIpc) is 2.30. The summed E-state index contributed by atoms with van der Waals surface area (Å²) in [7, 11) is 0. The molecule has 0 radical (unpaired) electrons. The Bertz CT molecular complexity index is 569. The third kappa shape index (κ3) is 2.88. The Labute approximate surface area is 117 Å². The third-order valence-corrected chi connectivity index (χ3v) is 3.21. The maximum absolute atomic E-state index is 13.6. The van der Waals surface area contributed by atoms with Crippen molar-refractivity contribution < 1.29 is 8.78 Å². The normalized spacial score (nSPS) is 12.5. The first-order valence-corrected chi connectivity index (χ1v) is 6.31. The van der Waals surface area contributed by atoms with Crippen LogP contribution in [0.4, 0.5) is 8.78 Å². The Hall–Kier alpha value is -0.970. The Kier molecular flexibility index (Phi) is 4.00. The molecule has 2 rings (SSSR count). The van der Waals surface area contributed by atoms with E-state index in [1.165, 1.54) is 0 Å². The van der Waals surface area contributed by atoms with E-state index in [1.54, 1.807) is 18.2 Å². The summed E-state index contributed by atoms with van der Waals surface area (Å²) in [6.45, 7) is 0. The minimum atomic E-state index is -0.768. The fourth-order valence-corrected chi connectivity index (χ4v) is 2.57. The van der Waals surface area contributed by atoms with E-state index in [2.05, 4.69) is 15.9 Å². The highest BCUT2D eigenvalue weighted by atomic mass is 79.9. The van der Waals surface area contributed by atoms with Gasteiger partial charge in [0.1, 0.15) is 11.6 Å². The Morgan fingerprint density at radius 3 is 2.50 bits per heavy atom. The van der Waals surface area contributed by atoms with Crippen LogP contribution in [0, 0.1) is 11.6 Å². The zero-order chi connectivity index (χ0) is 13.3. The Balaban J connectivity index is 2.47. The van der Waals surface area contributed by atoms with Gasteiger partial charge in [0.15, 0.2) is 0 Å². The molecule has 0 aliphatic carbocycles. The van der Waals surface area contributed by atoms with E-state index in [9.17, 15) is 8.78 Å². The minimum Gasteiger partial charge on any atom is -0.320 e. The molecule has 5 heteroatoms. The van der Waals surface area contributed by atoms with E-state index in [0.29, 0.717) is 10.6 Å². The van der Waals surface area contributed by atoms with Gasteiger partial charge in [-0.25, -0.2) is 8.78 Å². The van der Waals surface area contributed by atoms with E-state index in [4.69, 9.17) is 17.3 Å². The lowest BCUT2D eigenvalue weighted by atomic mass is 9.99. The zero-order valence-electron chi connectivity index (χ0n) is 9.13. The first kappa shape index (κ1) is 13.5. The second-order valence-electron chi connectivity index (χ2n) is 3.85. The van der Waals surface area contributed by atoms with E-state index >= 15 is 0 Å². The molecule has 0 aliphatic heterocycles. The highest BCUT2D eigenvalue weighted by Crippen LogP contribution is 2.28. The van der Waals surface area contributed by atoms with Gasteiger partial charge in [0, 0.05) is 15.1 Å². The van der Waals surface area contributed by atoms with Crippen LogP contribution in [0.3, 0.4) is 0 Å². The maximum atomic E-state index is 13.6. The molecule has 2 aromatic rings. The van der Waals surface area contributed by atoms with Gasteiger partial charge in [-0.2, -0.15) is 0 Å². The van der Waals surface area contributed by atoms with Crippen molar-refractivity contribution in [3.8, 4) is 0 Å². The number of hydrogen-bond acceptors (Lipinski definition) is 1. The van der Waals surface area contributed by atoms with Crippen LogP contribution in [0.2, 0.25) is 5.02 Å². The summed E-state index contributed by atoms with van der Waals surface area (Å²) >= 11 is 9.18. The topological polar surface area (TPSA) is 26.0 Å². The molecule has 0 spiro atoms. The quantitative estimate of drug-likeness (QED) is 0.865. The molecule has 0 heterocycles. The van der Waals surface area contributed by atoms with Crippen LogP contribution >= 0.6 is 27.5 Å². The molecule has 1 nitrogen and oxygen atoms in total. The second-order valence-corrected chi connectivity index (χ2v) is 5.20. The van der Waals surface area contributed by atoms with Gasteiger partial charge in [0.05, 0.1) is 6.04 Å². The lowest BCUT2D eigenvalue weighted by Gasteiger charge is -2.14. The summed E-state index contributed by atoms with van der Waals surface area (Å²) in [4.78, 5) is 0. The van der Waals surface area contributed by atoms with Gasteiger partial charge in [-0.1, -0.05) is 27.5 Å². The fourth-order valence-electron chi connectivity index (χ4n) is 1.69. The molecule has 1 unspecified atom stereocenters. The van der Waals surface area contributed by atoms with Crippen LogP contribution in [0.15, 0.2) is 40.9 Å². The van der Waals surface area contributed by atoms with E-state index in [0.717, 1.165) is 22.7 Å². The van der Waals surface area contributed by atoms with Crippen LogP contribution in [0.1, 0.15) is 17.2 Å². The molecule has 94 valence electrons. The highest BCUT2D eigenvalue weighted by Gasteiger charge is 2.15. The average molecular weight is 333 g/mol. The summed E-state index contributed by atoms with van der Waals surface area (Å²) in [6.07, 6.45) is 0. The minimum absolute atomic E-state index is 0.101. The number of halogens is 4. The number of nitrogens with two attached hydrogens (primary N) is 1. The molecular formula is C13H9BrClF2N. The van der Waals surface area contributed by atoms with Crippen molar-refractivity contribution in [2.45, 2.75) is 6.04 Å². The van der Waals surface area contributed by atoms with Gasteiger partial charge >= 0.3 is 0 Å². The van der Waals surface area contributed by atoms with Crippen LogP contribution in [0.5, 0.6) is 0 Å². The summed E-state index contributed by atoms with van der Waals surface area (Å²) in [6, 6.07) is 7.48.